The first-order valence-electron chi connectivity index (χ1n) is 10.8. The maximum Gasteiger partial charge on any atom is 0.231 e. The van der Waals surface area contributed by atoms with Gasteiger partial charge < -0.3 is 29.2 Å². The molecular formula is C24H32IN3O4. The lowest BCUT2D eigenvalue weighted by Crippen LogP contribution is -2.38. The van der Waals surface area contributed by atoms with Crippen LogP contribution >= 0.6 is 24.0 Å². The first-order chi connectivity index (χ1) is 15.2. The van der Waals surface area contributed by atoms with E-state index in [-0.39, 0.29) is 30.8 Å². The van der Waals surface area contributed by atoms with E-state index in [2.05, 4.69) is 45.5 Å². The van der Waals surface area contributed by atoms with Crippen molar-refractivity contribution in [3.8, 4) is 11.5 Å². The molecule has 0 aliphatic carbocycles. The lowest BCUT2D eigenvalue weighted by molar-refractivity contribution is -0.0390. The fraction of sp³-hybridized carbons (Fsp3) is 0.458. The van der Waals surface area contributed by atoms with Crippen molar-refractivity contribution in [2.24, 2.45) is 4.99 Å². The van der Waals surface area contributed by atoms with Gasteiger partial charge in [-0.05, 0) is 41.7 Å². The summed E-state index contributed by atoms with van der Waals surface area (Å²) in [6.07, 6.45) is 2.29. The monoisotopic (exact) mass is 553 g/mol. The summed E-state index contributed by atoms with van der Waals surface area (Å²) in [6.45, 7) is 3.98. The smallest absolute Gasteiger partial charge is 0.231 e. The number of nitrogens with one attached hydrogen (secondary N) is 1. The molecule has 1 fully saturated rings. The molecule has 2 aromatic carbocycles. The number of nitrogens with zero attached hydrogens (tertiary/aromatic N) is 2. The van der Waals surface area contributed by atoms with Crippen LogP contribution in [0.5, 0.6) is 11.5 Å². The van der Waals surface area contributed by atoms with Crippen LogP contribution in [0.4, 0.5) is 0 Å². The molecule has 0 saturated carbocycles. The van der Waals surface area contributed by atoms with Gasteiger partial charge in [0, 0.05) is 40.4 Å². The fourth-order valence-corrected chi connectivity index (χ4v) is 3.76. The average Bonchev–Trinajstić information content (AvgIpc) is 3.27. The Labute approximate surface area is 207 Å². The Morgan fingerprint density at radius 1 is 1.03 bits per heavy atom. The zero-order chi connectivity index (χ0) is 21.5. The number of fused-ring (bicyclic) bond motifs is 1. The second kappa shape index (κ2) is 12.3. The van der Waals surface area contributed by atoms with Gasteiger partial charge in [0.05, 0.1) is 12.7 Å². The van der Waals surface area contributed by atoms with E-state index < -0.39 is 0 Å². The third kappa shape index (κ3) is 6.73. The van der Waals surface area contributed by atoms with Crippen LogP contribution in [0.15, 0.2) is 47.5 Å². The Bertz CT molecular complexity index is 885. The number of aliphatic imine (C=N–C) groups is 1. The number of guanidine groups is 1. The largest absolute Gasteiger partial charge is 0.454 e. The highest BCUT2D eigenvalue weighted by Crippen LogP contribution is 2.32. The van der Waals surface area contributed by atoms with Crippen molar-refractivity contribution in [3.63, 3.8) is 0 Å². The normalized spacial score (nSPS) is 15.9. The van der Waals surface area contributed by atoms with Gasteiger partial charge in [0.2, 0.25) is 6.79 Å². The Balaban J connectivity index is 0.00000289. The predicted octanol–water partition coefficient (Wildman–Crippen LogP) is 3.94. The van der Waals surface area contributed by atoms with E-state index in [9.17, 15) is 0 Å². The molecular weight excluding hydrogens is 521 g/mol. The molecule has 0 bridgehead atoms. The molecule has 1 saturated heterocycles. The van der Waals surface area contributed by atoms with Crippen LogP contribution in [0, 0.1) is 0 Å². The number of benzene rings is 2. The van der Waals surface area contributed by atoms with Crippen LogP contribution < -0.4 is 14.8 Å². The molecule has 0 amide bonds. The van der Waals surface area contributed by atoms with Crippen LogP contribution in [-0.2, 0) is 29.2 Å². The molecule has 174 valence electrons. The minimum atomic E-state index is 0. The highest BCUT2D eigenvalue weighted by Gasteiger charge is 2.15. The average molecular weight is 553 g/mol. The zero-order valence-electron chi connectivity index (χ0n) is 18.7. The third-order valence-electron chi connectivity index (χ3n) is 5.56. The SMILES string of the molecule is CN=C(NCc1ccc(COC2CCOCC2)cc1)N(C)Cc1ccc2c(c1)OCO2.I. The van der Waals surface area contributed by atoms with Crippen molar-refractivity contribution in [2.75, 3.05) is 34.1 Å². The van der Waals surface area contributed by atoms with Crippen molar-refractivity contribution in [3.05, 3.63) is 59.2 Å². The summed E-state index contributed by atoms with van der Waals surface area (Å²) in [5, 5.41) is 3.44. The summed E-state index contributed by atoms with van der Waals surface area (Å²) in [7, 11) is 3.83. The predicted molar refractivity (Wildman–Crippen MR) is 135 cm³/mol. The topological polar surface area (TPSA) is 64.6 Å². The highest BCUT2D eigenvalue weighted by atomic mass is 127. The molecule has 1 N–H and O–H groups in total. The van der Waals surface area contributed by atoms with E-state index >= 15 is 0 Å². The standard InChI is InChI=1S/C24H31N3O4.HI/c1-25-24(27(2)15-20-7-8-22-23(13-20)31-17-30-22)26-14-18-3-5-19(6-4-18)16-29-21-9-11-28-12-10-21;/h3-8,13,21H,9-12,14-17H2,1-2H3,(H,25,26);1H. The van der Waals surface area contributed by atoms with Crippen molar-refractivity contribution >= 4 is 29.9 Å². The van der Waals surface area contributed by atoms with Crippen LogP contribution in [0.1, 0.15) is 29.5 Å². The van der Waals surface area contributed by atoms with Gasteiger partial charge >= 0.3 is 0 Å². The quantitative estimate of drug-likeness (QED) is 0.319. The van der Waals surface area contributed by atoms with Crippen molar-refractivity contribution in [1.29, 1.82) is 0 Å². The van der Waals surface area contributed by atoms with Gasteiger partial charge in [-0.1, -0.05) is 30.3 Å². The van der Waals surface area contributed by atoms with E-state index in [0.717, 1.165) is 55.6 Å². The van der Waals surface area contributed by atoms with Gasteiger partial charge in [-0.15, -0.1) is 24.0 Å². The molecule has 2 aliphatic heterocycles. The molecule has 32 heavy (non-hydrogen) atoms. The van der Waals surface area contributed by atoms with Crippen LogP contribution in [-0.4, -0.2) is 51.1 Å². The number of ether oxygens (including phenoxy) is 4. The Morgan fingerprint density at radius 3 is 2.47 bits per heavy atom. The summed E-state index contributed by atoms with van der Waals surface area (Å²) in [6, 6.07) is 14.6. The van der Waals surface area contributed by atoms with E-state index in [0.29, 0.717) is 19.3 Å². The molecule has 4 rings (SSSR count). The van der Waals surface area contributed by atoms with Crippen LogP contribution in [0.3, 0.4) is 0 Å². The van der Waals surface area contributed by atoms with Gasteiger partial charge in [0.1, 0.15) is 0 Å². The molecule has 0 radical (unpaired) electrons. The molecule has 2 aliphatic rings. The number of rotatable bonds is 7. The summed E-state index contributed by atoms with van der Waals surface area (Å²) >= 11 is 0. The first-order valence-corrected chi connectivity index (χ1v) is 10.8. The third-order valence-corrected chi connectivity index (χ3v) is 5.56. The zero-order valence-corrected chi connectivity index (χ0v) is 21.0. The van der Waals surface area contributed by atoms with Gasteiger partial charge in [0.25, 0.3) is 0 Å². The number of hydrogen-bond acceptors (Lipinski definition) is 5. The Morgan fingerprint density at radius 2 is 1.72 bits per heavy atom. The van der Waals surface area contributed by atoms with Crippen LogP contribution in [0.2, 0.25) is 0 Å². The highest BCUT2D eigenvalue weighted by molar-refractivity contribution is 14.0. The fourth-order valence-electron chi connectivity index (χ4n) is 3.76. The summed E-state index contributed by atoms with van der Waals surface area (Å²) in [5.41, 5.74) is 3.54. The Hall–Kier alpha value is -2.04. The minimum absolute atomic E-state index is 0. The summed E-state index contributed by atoms with van der Waals surface area (Å²) in [4.78, 5) is 6.51. The maximum absolute atomic E-state index is 6.00. The summed E-state index contributed by atoms with van der Waals surface area (Å²) in [5.74, 6) is 2.44. The summed E-state index contributed by atoms with van der Waals surface area (Å²) < 4.78 is 22.2. The number of hydrogen-bond donors (Lipinski definition) is 1. The maximum atomic E-state index is 6.00. The van der Waals surface area contributed by atoms with Gasteiger partial charge in [0.15, 0.2) is 17.5 Å². The second-order valence-corrected chi connectivity index (χ2v) is 7.88. The van der Waals surface area contributed by atoms with E-state index in [4.69, 9.17) is 18.9 Å². The molecule has 7 nitrogen and oxygen atoms in total. The van der Waals surface area contributed by atoms with E-state index in [1.807, 2.05) is 19.2 Å². The van der Waals surface area contributed by atoms with Gasteiger partial charge in [-0.2, -0.15) is 0 Å². The van der Waals surface area contributed by atoms with Crippen molar-refractivity contribution in [2.45, 2.75) is 38.6 Å². The second-order valence-electron chi connectivity index (χ2n) is 7.88. The van der Waals surface area contributed by atoms with Gasteiger partial charge in [-0.25, -0.2) is 0 Å². The molecule has 8 heteroatoms. The van der Waals surface area contributed by atoms with Gasteiger partial charge in [-0.3, -0.25) is 4.99 Å². The molecule has 0 spiro atoms. The minimum Gasteiger partial charge on any atom is -0.454 e. The van der Waals surface area contributed by atoms with E-state index in [1.54, 1.807) is 7.05 Å². The van der Waals surface area contributed by atoms with Crippen molar-refractivity contribution < 1.29 is 18.9 Å². The lowest BCUT2D eigenvalue weighted by Gasteiger charge is -2.23. The Kier molecular flexibility index (Phi) is 9.43. The molecule has 0 atom stereocenters. The number of halogens is 1. The molecule has 0 unspecified atom stereocenters. The molecule has 2 heterocycles. The molecule has 0 aromatic heterocycles. The molecule has 2 aromatic rings. The first kappa shape index (κ1) is 24.6. The lowest BCUT2D eigenvalue weighted by atomic mass is 10.1. The van der Waals surface area contributed by atoms with Crippen LogP contribution in [0.25, 0.3) is 0 Å². The van der Waals surface area contributed by atoms with E-state index in [1.165, 1.54) is 11.1 Å². The van der Waals surface area contributed by atoms with Crippen molar-refractivity contribution in [1.82, 2.24) is 10.2 Å².